The van der Waals surface area contributed by atoms with Gasteiger partial charge in [0.2, 0.25) is 26.0 Å². The van der Waals surface area contributed by atoms with Gasteiger partial charge in [-0.25, -0.2) is 16.8 Å². The topological polar surface area (TPSA) is 95.1 Å². The standard InChI is InChI=1S/C22H28ClN3O5S2/c1-18-20(23)10-6-11-21(18)26(32(2,28)29)13-7-12-22(27)24-14-16-25(17-15-24)33(30,31)19-8-4-3-5-9-19/h3-6,8-11H,7,12-17H2,1-2H3. The van der Waals surface area contributed by atoms with Crippen LogP contribution in [-0.2, 0) is 24.8 Å². The molecule has 0 bridgehead atoms. The molecule has 0 radical (unpaired) electrons. The van der Waals surface area contributed by atoms with Crippen LogP contribution in [0.25, 0.3) is 0 Å². The van der Waals surface area contributed by atoms with Crippen molar-refractivity contribution in [3.8, 4) is 0 Å². The molecule has 1 heterocycles. The van der Waals surface area contributed by atoms with Crippen LogP contribution in [0.3, 0.4) is 0 Å². The van der Waals surface area contributed by atoms with Crippen LogP contribution in [0.2, 0.25) is 5.02 Å². The molecule has 0 N–H and O–H groups in total. The fourth-order valence-electron chi connectivity index (χ4n) is 3.78. The van der Waals surface area contributed by atoms with Gasteiger partial charge in [0.25, 0.3) is 0 Å². The zero-order chi connectivity index (χ0) is 24.2. The average molecular weight is 514 g/mol. The third-order valence-corrected chi connectivity index (χ3v) is 9.13. The molecule has 2 aromatic carbocycles. The molecule has 0 spiro atoms. The zero-order valence-electron chi connectivity index (χ0n) is 18.6. The van der Waals surface area contributed by atoms with E-state index in [4.69, 9.17) is 11.6 Å². The molecular weight excluding hydrogens is 486 g/mol. The molecule has 1 aliphatic rings. The number of anilines is 1. The number of rotatable bonds is 8. The van der Waals surface area contributed by atoms with E-state index in [0.29, 0.717) is 35.8 Å². The highest BCUT2D eigenvalue weighted by atomic mass is 35.5. The maximum absolute atomic E-state index is 12.7. The Labute approximate surface area is 200 Å². The monoisotopic (exact) mass is 513 g/mol. The molecule has 1 amide bonds. The highest BCUT2D eigenvalue weighted by Crippen LogP contribution is 2.28. The predicted molar refractivity (Wildman–Crippen MR) is 129 cm³/mol. The fourth-order valence-corrected chi connectivity index (χ4v) is 6.41. The molecule has 1 fully saturated rings. The third-order valence-electron chi connectivity index (χ3n) is 5.63. The number of benzene rings is 2. The number of amides is 1. The van der Waals surface area contributed by atoms with Gasteiger partial charge < -0.3 is 4.90 Å². The lowest BCUT2D eigenvalue weighted by Gasteiger charge is -2.34. The van der Waals surface area contributed by atoms with E-state index in [2.05, 4.69) is 0 Å². The van der Waals surface area contributed by atoms with Crippen LogP contribution in [0.1, 0.15) is 18.4 Å². The van der Waals surface area contributed by atoms with Crippen LogP contribution in [0.5, 0.6) is 0 Å². The molecular formula is C22H28ClN3O5S2. The lowest BCUT2D eigenvalue weighted by atomic mass is 10.2. The van der Waals surface area contributed by atoms with Gasteiger partial charge in [-0.2, -0.15) is 4.31 Å². The minimum Gasteiger partial charge on any atom is -0.340 e. The van der Waals surface area contributed by atoms with Crippen molar-refractivity contribution >= 4 is 43.2 Å². The first-order chi connectivity index (χ1) is 15.5. The normalized spacial score (nSPS) is 15.4. The number of carbonyl (C=O) groups is 1. The van der Waals surface area contributed by atoms with Gasteiger partial charge in [0.1, 0.15) is 0 Å². The Hall–Kier alpha value is -2.14. The minimum absolute atomic E-state index is 0.122. The van der Waals surface area contributed by atoms with Crippen LogP contribution >= 0.6 is 11.6 Å². The number of hydrogen-bond donors (Lipinski definition) is 0. The average Bonchev–Trinajstić information content (AvgIpc) is 2.79. The van der Waals surface area contributed by atoms with E-state index in [-0.39, 0.29) is 36.9 Å². The molecule has 0 unspecified atom stereocenters. The summed E-state index contributed by atoms with van der Waals surface area (Å²) in [6.45, 7) is 2.94. The molecule has 3 rings (SSSR count). The zero-order valence-corrected chi connectivity index (χ0v) is 21.0. The summed E-state index contributed by atoms with van der Waals surface area (Å²) in [7, 11) is -7.14. The minimum atomic E-state index is -3.58. The van der Waals surface area contributed by atoms with E-state index in [1.807, 2.05) is 0 Å². The molecule has 0 atom stereocenters. The molecule has 180 valence electrons. The van der Waals surface area contributed by atoms with Crippen molar-refractivity contribution in [3.05, 3.63) is 59.1 Å². The van der Waals surface area contributed by atoms with Crippen molar-refractivity contribution in [1.82, 2.24) is 9.21 Å². The van der Waals surface area contributed by atoms with Crippen LogP contribution in [0, 0.1) is 6.92 Å². The van der Waals surface area contributed by atoms with Crippen molar-refractivity contribution in [2.24, 2.45) is 0 Å². The third kappa shape index (κ3) is 6.06. The van der Waals surface area contributed by atoms with Crippen LogP contribution in [0.4, 0.5) is 5.69 Å². The number of sulfonamides is 2. The summed E-state index contributed by atoms with van der Waals surface area (Å²) in [5, 5.41) is 0.473. The molecule has 0 aromatic heterocycles. The first-order valence-corrected chi connectivity index (χ1v) is 14.2. The molecule has 1 saturated heterocycles. The van der Waals surface area contributed by atoms with Gasteiger partial charge in [0, 0.05) is 44.2 Å². The Bertz CT molecular complexity index is 1200. The molecule has 8 nitrogen and oxygen atoms in total. The van der Waals surface area contributed by atoms with Gasteiger partial charge in [-0.3, -0.25) is 9.10 Å². The second-order valence-corrected chi connectivity index (χ2v) is 12.2. The Kier molecular flexibility index (Phi) is 8.04. The van der Waals surface area contributed by atoms with Gasteiger partial charge >= 0.3 is 0 Å². The second kappa shape index (κ2) is 10.4. The highest BCUT2D eigenvalue weighted by molar-refractivity contribution is 7.92. The Morgan fingerprint density at radius 3 is 2.21 bits per heavy atom. The summed E-state index contributed by atoms with van der Waals surface area (Å²) >= 11 is 6.15. The number of halogens is 1. The summed E-state index contributed by atoms with van der Waals surface area (Å²) in [4.78, 5) is 14.6. The van der Waals surface area contributed by atoms with E-state index >= 15 is 0 Å². The van der Waals surface area contributed by atoms with E-state index in [1.54, 1.807) is 60.4 Å². The van der Waals surface area contributed by atoms with Gasteiger partial charge in [-0.05, 0) is 43.2 Å². The van der Waals surface area contributed by atoms with E-state index in [0.717, 1.165) is 6.26 Å². The van der Waals surface area contributed by atoms with Crippen molar-refractivity contribution in [2.45, 2.75) is 24.7 Å². The fraction of sp³-hybridized carbons (Fsp3) is 0.409. The van der Waals surface area contributed by atoms with E-state index in [9.17, 15) is 21.6 Å². The molecule has 2 aromatic rings. The van der Waals surface area contributed by atoms with Crippen molar-refractivity contribution in [3.63, 3.8) is 0 Å². The van der Waals surface area contributed by atoms with Crippen LogP contribution < -0.4 is 4.31 Å². The Morgan fingerprint density at radius 2 is 1.61 bits per heavy atom. The van der Waals surface area contributed by atoms with Crippen LogP contribution in [-0.4, -0.2) is 70.9 Å². The van der Waals surface area contributed by atoms with Crippen molar-refractivity contribution < 1.29 is 21.6 Å². The summed E-state index contributed by atoms with van der Waals surface area (Å²) in [6, 6.07) is 13.3. The molecule has 1 aliphatic heterocycles. The largest absolute Gasteiger partial charge is 0.340 e. The first-order valence-electron chi connectivity index (χ1n) is 10.6. The van der Waals surface area contributed by atoms with Crippen LogP contribution in [0.15, 0.2) is 53.4 Å². The summed E-state index contributed by atoms with van der Waals surface area (Å²) < 4.78 is 52.8. The van der Waals surface area contributed by atoms with Gasteiger partial charge in [0.15, 0.2) is 0 Å². The number of hydrogen-bond acceptors (Lipinski definition) is 5. The SMILES string of the molecule is Cc1c(Cl)cccc1N(CCCC(=O)N1CCN(S(=O)(=O)c2ccccc2)CC1)S(C)(=O)=O. The number of nitrogens with zero attached hydrogens (tertiary/aromatic N) is 3. The predicted octanol–water partition coefficient (Wildman–Crippen LogP) is 2.73. The Morgan fingerprint density at radius 1 is 0.970 bits per heavy atom. The first kappa shape index (κ1) is 25.5. The van der Waals surface area contributed by atoms with E-state index < -0.39 is 20.0 Å². The molecule has 0 saturated carbocycles. The maximum atomic E-state index is 12.7. The summed E-state index contributed by atoms with van der Waals surface area (Å²) in [5.41, 5.74) is 1.16. The van der Waals surface area contributed by atoms with Crippen molar-refractivity contribution in [2.75, 3.05) is 43.3 Å². The maximum Gasteiger partial charge on any atom is 0.243 e. The summed E-state index contributed by atoms with van der Waals surface area (Å²) in [6.07, 6.45) is 1.62. The van der Waals surface area contributed by atoms with E-state index in [1.165, 1.54) is 8.61 Å². The summed E-state index contributed by atoms with van der Waals surface area (Å²) in [5.74, 6) is -0.122. The molecule has 0 aliphatic carbocycles. The molecule has 33 heavy (non-hydrogen) atoms. The van der Waals surface area contributed by atoms with Gasteiger partial charge in [-0.15, -0.1) is 0 Å². The second-order valence-electron chi connectivity index (χ2n) is 7.92. The lowest BCUT2D eigenvalue weighted by Crippen LogP contribution is -2.50. The lowest BCUT2D eigenvalue weighted by molar-refractivity contribution is -0.132. The number of piperazine rings is 1. The van der Waals surface area contributed by atoms with Gasteiger partial charge in [0.05, 0.1) is 16.8 Å². The molecule has 11 heteroatoms. The van der Waals surface area contributed by atoms with Gasteiger partial charge in [-0.1, -0.05) is 35.9 Å². The van der Waals surface area contributed by atoms with Crippen molar-refractivity contribution in [1.29, 1.82) is 0 Å². The smallest absolute Gasteiger partial charge is 0.243 e. The number of carbonyl (C=O) groups excluding carboxylic acids is 1. The quantitative estimate of drug-likeness (QED) is 0.541. The Balaban J connectivity index is 1.56. The highest BCUT2D eigenvalue weighted by Gasteiger charge is 2.30.